The van der Waals surface area contributed by atoms with Gasteiger partial charge in [-0.1, -0.05) is 23.7 Å². The standard InChI is InChI=1S/C14H10BrClN2O/c15-12-2-1-9-17-14(12)18-13(19)8-5-10-3-6-11(16)7-4-10/h1-9H,(H,17,18,19). The smallest absolute Gasteiger partial charge is 0.249 e. The second kappa shape index (κ2) is 6.50. The minimum atomic E-state index is -0.241. The average Bonchev–Trinajstić information content (AvgIpc) is 2.41. The first-order valence-corrected chi connectivity index (χ1v) is 6.67. The third kappa shape index (κ3) is 4.19. The molecule has 1 N–H and O–H groups in total. The van der Waals surface area contributed by atoms with Crippen LogP contribution in [0.5, 0.6) is 0 Å². The van der Waals surface area contributed by atoms with Gasteiger partial charge in [0.25, 0.3) is 0 Å². The first kappa shape index (κ1) is 13.8. The fourth-order valence-electron chi connectivity index (χ4n) is 1.38. The Bertz CT molecular complexity index is 611. The Hall–Kier alpha value is -1.65. The Morgan fingerprint density at radius 3 is 2.68 bits per heavy atom. The number of hydrogen-bond donors (Lipinski definition) is 1. The predicted molar refractivity (Wildman–Crippen MR) is 81.1 cm³/mol. The van der Waals surface area contributed by atoms with Crippen LogP contribution >= 0.6 is 27.5 Å². The number of nitrogens with one attached hydrogen (secondary N) is 1. The van der Waals surface area contributed by atoms with Crippen LogP contribution < -0.4 is 5.32 Å². The van der Waals surface area contributed by atoms with Gasteiger partial charge in [0, 0.05) is 17.3 Å². The zero-order chi connectivity index (χ0) is 13.7. The van der Waals surface area contributed by atoms with Gasteiger partial charge >= 0.3 is 0 Å². The largest absolute Gasteiger partial charge is 0.306 e. The number of nitrogens with zero attached hydrogens (tertiary/aromatic N) is 1. The Morgan fingerprint density at radius 1 is 1.26 bits per heavy atom. The van der Waals surface area contributed by atoms with Crippen molar-refractivity contribution in [3.8, 4) is 0 Å². The summed E-state index contributed by atoms with van der Waals surface area (Å²) in [5.41, 5.74) is 0.902. The molecule has 1 aromatic heterocycles. The van der Waals surface area contributed by atoms with Gasteiger partial charge in [0.2, 0.25) is 5.91 Å². The predicted octanol–water partition coefficient (Wildman–Crippen LogP) is 4.15. The van der Waals surface area contributed by atoms with Gasteiger partial charge < -0.3 is 5.32 Å². The molecule has 1 amide bonds. The van der Waals surface area contributed by atoms with E-state index < -0.39 is 0 Å². The summed E-state index contributed by atoms with van der Waals surface area (Å²) >= 11 is 9.10. The molecule has 96 valence electrons. The van der Waals surface area contributed by atoms with E-state index in [4.69, 9.17) is 11.6 Å². The summed E-state index contributed by atoms with van der Waals surface area (Å²) in [7, 11) is 0. The molecule has 0 aliphatic rings. The zero-order valence-electron chi connectivity index (χ0n) is 9.81. The number of hydrogen-bond acceptors (Lipinski definition) is 2. The number of amides is 1. The second-order valence-electron chi connectivity index (χ2n) is 3.71. The summed E-state index contributed by atoms with van der Waals surface area (Å²) in [4.78, 5) is 15.8. The summed E-state index contributed by atoms with van der Waals surface area (Å²) in [5.74, 6) is 0.252. The summed E-state index contributed by atoms with van der Waals surface area (Å²) in [6.45, 7) is 0. The van der Waals surface area contributed by atoms with Crippen molar-refractivity contribution in [1.29, 1.82) is 0 Å². The molecule has 0 radical (unpaired) electrons. The molecule has 19 heavy (non-hydrogen) atoms. The normalized spacial score (nSPS) is 10.6. The monoisotopic (exact) mass is 336 g/mol. The van der Waals surface area contributed by atoms with Crippen LogP contribution in [-0.2, 0) is 4.79 Å². The summed E-state index contributed by atoms with van der Waals surface area (Å²) < 4.78 is 0.739. The lowest BCUT2D eigenvalue weighted by atomic mass is 10.2. The number of anilines is 1. The highest BCUT2D eigenvalue weighted by atomic mass is 79.9. The highest BCUT2D eigenvalue weighted by Crippen LogP contribution is 2.18. The van der Waals surface area contributed by atoms with Gasteiger partial charge in [0.05, 0.1) is 4.47 Å². The van der Waals surface area contributed by atoms with Crippen LogP contribution in [-0.4, -0.2) is 10.9 Å². The molecule has 3 nitrogen and oxygen atoms in total. The van der Waals surface area contributed by atoms with Crippen LogP contribution in [0.15, 0.2) is 53.1 Å². The average molecular weight is 338 g/mol. The topological polar surface area (TPSA) is 42.0 Å². The van der Waals surface area contributed by atoms with Gasteiger partial charge in [-0.05, 0) is 51.8 Å². The summed E-state index contributed by atoms with van der Waals surface area (Å²) in [5, 5.41) is 3.35. The molecule has 0 fully saturated rings. The van der Waals surface area contributed by atoms with Crippen LogP contribution in [0, 0.1) is 0 Å². The number of benzene rings is 1. The molecule has 0 saturated heterocycles. The Balaban J connectivity index is 2.02. The van der Waals surface area contributed by atoms with Crippen molar-refractivity contribution in [1.82, 2.24) is 4.98 Å². The van der Waals surface area contributed by atoms with E-state index in [9.17, 15) is 4.79 Å². The minimum Gasteiger partial charge on any atom is -0.306 e. The first-order valence-electron chi connectivity index (χ1n) is 5.50. The lowest BCUT2D eigenvalue weighted by Gasteiger charge is -2.02. The summed E-state index contributed by atoms with van der Waals surface area (Å²) in [6, 6.07) is 10.8. The first-order chi connectivity index (χ1) is 9.15. The Morgan fingerprint density at radius 2 is 2.00 bits per heavy atom. The van der Waals surface area contributed by atoms with Gasteiger partial charge in [0.15, 0.2) is 0 Å². The van der Waals surface area contributed by atoms with Crippen molar-refractivity contribution >= 4 is 45.3 Å². The van der Waals surface area contributed by atoms with E-state index in [0.717, 1.165) is 10.0 Å². The Labute approximate surface area is 124 Å². The van der Waals surface area contributed by atoms with Crippen molar-refractivity contribution < 1.29 is 4.79 Å². The number of halogens is 2. The highest BCUT2D eigenvalue weighted by molar-refractivity contribution is 9.10. The van der Waals surface area contributed by atoms with Crippen molar-refractivity contribution in [3.05, 3.63) is 63.7 Å². The van der Waals surface area contributed by atoms with Crippen LogP contribution in [0.1, 0.15) is 5.56 Å². The van der Waals surface area contributed by atoms with E-state index >= 15 is 0 Å². The third-order valence-corrected chi connectivity index (χ3v) is 3.19. The molecule has 0 aliphatic heterocycles. The van der Waals surface area contributed by atoms with Crippen LogP contribution in [0.4, 0.5) is 5.82 Å². The molecule has 0 atom stereocenters. The SMILES string of the molecule is O=C(C=Cc1ccc(Cl)cc1)Nc1ncccc1Br. The number of pyridine rings is 1. The van der Waals surface area contributed by atoms with Crippen molar-refractivity contribution in [2.75, 3.05) is 5.32 Å². The molecule has 0 unspecified atom stereocenters. The van der Waals surface area contributed by atoms with Crippen LogP contribution in [0.2, 0.25) is 5.02 Å². The molecule has 2 rings (SSSR count). The number of aromatic nitrogens is 1. The van der Waals surface area contributed by atoms with Crippen molar-refractivity contribution in [2.45, 2.75) is 0 Å². The van der Waals surface area contributed by atoms with E-state index in [1.807, 2.05) is 18.2 Å². The van der Waals surface area contributed by atoms with Gasteiger partial charge in [-0.15, -0.1) is 0 Å². The van der Waals surface area contributed by atoms with E-state index in [1.165, 1.54) is 6.08 Å². The minimum absolute atomic E-state index is 0.241. The lowest BCUT2D eigenvalue weighted by Crippen LogP contribution is -2.09. The van der Waals surface area contributed by atoms with E-state index in [-0.39, 0.29) is 5.91 Å². The molecule has 5 heteroatoms. The molecular formula is C14H10BrClN2O. The molecule has 1 aromatic carbocycles. The number of rotatable bonds is 3. The number of carbonyl (C=O) groups excluding carboxylic acids is 1. The maximum atomic E-state index is 11.7. The molecular weight excluding hydrogens is 328 g/mol. The maximum Gasteiger partial charge on any atom is 0.249 e. The van der Waals surface area contributed by atoms with Gasteiger partial charge in [-0.3, -0.25) is 4.79 Å². The van der Waals surface area contributed by atoms with E-state index in [0.29, 0.717) is 10.8 Å². The molecule has 1 heterocycles. The van der Waals surface area contributed by atoms with Gasteiger partial charge in [-0.2, -0.15) is 0 Å². The third-order valence-electron chi connectivity index (χ3n) is 2.30. The fraction of sp³-hybridized carbons (Fsp3) is 0. The molecule has 0 bridgehead atoms. The highest BCUT2D eigenvalue weighted by Gasteiger charge is 2.02. The maximum absolute atomic E-state index is 11.7. The van der Waals surface area contributed by atoms with Crippen LogP contribution in [0.25, 0.3) is 6.08 Å². The molecule has 0 saturated carbocycles. The molecule has 0 spiro atoms. The fourth-order valence-corrected chi connectivity index (χ4v) is 1.86. The summed E-state index contributed by atoms with van der Waals surface area (Å²) in [6.07, 6.45) is 4.77. The van der Waals surface area contributed by atoms with Crippen molar-refractivity contribution in [3.63, 3.8) is 0 Å². The zero-order valence-corrected chi connectivity index (χ0v) is 12.1. The quantitative estimate of drug-likeness (QED) is 0.855. The molecule has 2 aromatic rings. The molecule has 0 aliphatic carbocycles. The van der Waals surface area contributed by atoms with E-state index in [2.05, 4.69) is 26.2 Å². The van der Waals surface area contributed by atoms with Crippen molar-refractivity contribution in [2.24, 2.45) is 0 Å². The van der Waals surface area contributed by atoms with Gasteiger partial charge in [0.1, 0.15) is 5.82 Å². The second-order valence-corrected chi connectivity index (χ2v) is 5.00. The van der Waals surface area contributed by atoms with Gasteiger partial charge in [-0.25, -0.2) is 4.98 Å². The lowest BCUT2D eigenvalue weighted by molar-refractivity contribution is -0.111. The van der Waals surface area contributed by atoms with E-state index in [1.54, 1.807) is 30.5 Å². The number of carbonyl (C=O) groups is 1. The Kier molecular flexibility index (Phi) is 4.71. The van der Waals surface area contributed by atoms with Crippen LogP contribution in [0.3, 0.4) is 0 Å².